The van der Waals surface area contributed by atoms with Crippen LogP contribution in [-0.2, 0) is 9.59 Å². The maximum absolute atomic E-state index is 12.2. The summed E-state index contributed by atoms with van der Waals surface area (Å²) in [5, 5.41) is 21.0. The molecule has 1 amide bonds. The Labute approximate surface area is 143 Å². The van der Waals surface area contributed by atoms with Gasteiger partial charge in [-0.25, -0.2) is 4.98 Å². The highest BCUT2D eigenvalue weighted by atomic mass is 16.6. The Morgan fingerprint density at radius 3 is 2.64 bits per heavy atom. The number of rotatable bonds is 6. The summed E-state index contributed by atoms with van der Waals surface area (Å²) in [6.07, 6.45) is 1.48. The van der Waals surface area contributed by atoms with E-state index < -0.39 is 22.7 Å². The highest BCUT2D eigenvalue weighted by Gasteiger charge is 2.24. The summed E-state index contributed by atoms with van der Waals surface area (Å²) in [6.45, 7) is 2.89. The van der Waals surface area contributed by atoms with Gasteiger partial charge >= 0.3 is 0 Å². The molecule has 0 saturated carbocycles. The minimum atomic E-state index is -1.43. The van der Waals surface area contributed by atoms with Crippen LogP contribution in [0.15, 0.2) is 52.8 Å². The maximum Gasteiger partial charge on any atom is 0.296 e. The number of azo groups is 1. The summed E-state index contributed by atoms with van der Waals surface area (Å²) in [5.41, 5.74) is 0.394. The summed E-state index contributed by atoms with van der Waals surface area (Å²) in [6, 6.07) is 7.84. The summed E-state index contributed by atoms with van der Waals surface area (Å²) in [7, 11) is 0. The number of nitro benzene ring substituents is 1. The van der Waals surface area contributed by atoms with E-state index in [0.29, 0.717) is 5.56 Å². The molecule has 0 aliphatic heterocycles. The van der Waals surface area contributed by atoms with Crippen LogP contribution in [0, 0.1) is 17.0 Å². The monoisotopic (exact) mass is 341 g/mol. The predicted octanol–water partition coefficient (Wildman–Crippen LogP) is 2.98. The molecule has 1 aromatic heterocycles. The molecule has 9 nitrogen and oxygen atoms in total. The zero-order valence-corrected chi connectivity index (χ0v) is 13.5. The second-order valence-corrected chi connectivity index (χ2v) is 5.18. The summed E-state index contributed by atoms with van der Waals surface area (Å²) >= 11 is 0. The van der Waals surface area contributed by atoms with Gasteiger partial charge in [-0.15, -0.1) is 5.11 Å². The molecule has 1 atom stereocenters. The molecule has 1 unspecified atom stereocenters. The molecule has 0 bridgehead atoms. The normalized spacial score (nSPS) is 11.9. The van der Waals surface area contributed by atoms with Crippen LogP contribution in [0.3, 0.4) is 0 Å². The lowest BCUT2D eigenvalue weighted by Crippen LogP contribution is -2.32. The molecular weight excluding hydrogens is 326 g/mol. The molecule has 1 heterocycles. The molecule has 25 heavy (non-hydrogen) atoms. The molecule has 0 aliphatic carbocycles. The first kappa shape index (κ1) is 17.9. The molecule has 0 fully saturated rings. The number of carbonyl (C=O) groups is 2. The molecule has 0 radical (unpaired) electrons. The maximum atomic E-state index is 12.2. The standard InChI is InChI=1S/C16H15N5O4/c1-10-6-7-12(13(9-10)21(24)25)19-20-15(11(2)22)16(23)18-14-5-3-4-8-17-14/h3-9,15H,1-2H3,(H,17,18,23). The van der Waals surface area contributed by atoms with Gasteiger partial charge in [0.15, 0.2) is 11.5 Å². The Balaban J connectivity index is 2.25. The molecule has 0 spiro atoms. The Morgan fingerprint density at radius 2 is 2.04 bits per heavy atom. The summed E-state index contributed by atoms with van der Waals surface area (Å²) < 4.78 is 0. The van der Waals surface area contributed by atoms with Crippen molar-refractivity contribution in [2.45, 2.75) is 19.9 Å². The van der Waals surface area contributed by atoms with Crippen molar-refractivity contribution in [2.24, 2.45) is 10.2 Å². The van der Waals surface area contributed by atoms with E-state index in [2.05, 4.69) is 20.5 Å². The van der Waals surface area contributed by atoms with E-state index in [-0.39, 0.29) is 17.2 Å². The van der Waals surface area contributed by atoms with Crippen LogP contribution < -0.4 is 5.32 Å². The van der Waals surface area contributed by atoms with Gasteiger partial charge in [0, 0.05) is 12.3 Å². The lowest BCUT2D eigenvalue weighted by molar-refractivity contribution is -0.384. The van der Waals surface area contributed by atoms with Crippen LogP contribution in [0.25, 0.3) is 0 Å². The minimum absolute atomic E-state index is 0.0347. The average Bonchev–Trinajstić information content (AvgIpc) is 2.56. The van der Waals surface area contributed by atoms with Crippen molar-refractivity contribution in [1.29, 1.82) is 0 Å². The van der Waals surface area contributed by atoms with Gasteiger partial charge in [0.25, 0.3) is 11.6 Å². The van der Waals surface area contributed by atoms with Crippen molar-refractivity contribution in [3.8, 4) is 0 Å². The Bertz CT molecular complexity index is 836. The number of nitrogens with one attached hydrogen (secondary N) is 1. The molecular formula is C16H15N5O4. The molecule has 2 rings (SSSR count). The van der Waals surface area contributed by atoms with Crippen molar-refractivity contribution >= 4 is 28.9 Å². The number of nitrogens with zero attached hydrogens (tertiary/aromatic N) is 4. The van der Waals surface area contributed by atoms with Gasteiger partial charge in [0.05, 0.1) is 4.92 Å². The quantitative estimate of drug-likeness (QED) is 0.374. The van der Waals surface area contributed by atoms with Crippen LogP contribution in [0.5, 0.6) is 0 Å². The van der Waals surface area contributed by atoms with Crippen LogP contribution >= 0.6 is 0 Å². The number of benzene rings is 1. The third kappa shape index (κ3) is 4.74. The van der Waals surface area contributed by atoms with Crippen molar-refractivity contribution in [2.75, 3.05) is 5.32 Å². The number of hydrogen-bond acceptors (Lipinski definition) is 7. The molecule has 1 aromatic carbocycles. The lowest BCUT2D eigenvalue weighted by atomic mass is 10.2. The van der Waals surface area contributed by atoms with Crippen molar-refractivity contribution < 1.29 is 14.5 Å². The van der Waals surface area contributed by atoms with E-state index in [1.54, 1.807) is 31.2 Å². The first-order valence-corrected chi connectivity index (χ1v) is 7.26. The van der Waals surface area contributed by atoms with Crippen molar-refractivity contribution in [3.63, 3.8) is 0 Å². The van der Waals surface area contributed by atoms with Gasteiger partial charge in [-0.1, -0.05) is 12.1 Å². The van der Waals surface area contributed by atoms with Gasteiger partial charge in [-0.3, -0.25) is 19.7 Å². The van der Waals surface area contributed by atoms with E-state index in [9.17, 15) is 19.7 Å². The number of aryl methyl sites for hydroxylation is 1. The van der Waals surface area contributed by atoms with Gasteiger partial charge in [-0.2, -0.15) is 5.11 Å². The summed E-state index contributed by atoms with van der Waals surface area (Å²) in [5.74, 6) is -1.01. The number of anilines is 1. The largest absolute Gasteiger partial charge is 0.308 e. The zero-order valence-electron chi connectivity index (χ0n) is 13.5. The second-order valence-electron chi connectivity index (χ2n) is 5.18. The van der Waals surface area contributed by atoms with Gasteiger partial charge in [0.1, 0.15) is 5.82 Å². The van der Waals surface area contributed by atoms with Gasteiger partial charge in [-0.05, 0) is 37.6 Å². The molecule has 2 aromatic rings. The van der Waals surface area contributed by atoms with E-state index in [1.807, 2.05) is 0 Å². The van der Waals surface area contributed by atoms with E-state index in [0.717, 1.165) is 0 Å². The van der Waals surface area contributed by atoms with E-state index in [1.165, 1.54) is 25.3 Å². The smallest absolute Gasteiger partial charge is 0.296 e. The Morgan fingerprint density at radius 1 is 1.28 bits per heavy atom. The number of ketones is 1. The molecule has 1 N–H and O–H groups in total. The molecule has 0 aliphatic rings. The average molecular weight is 341 g/mol. The van der Waals surface area contributed by atoms with E-state index in [4.69, 9.17) is 0 Å². The topological polar surface area (TPSA) is 127 Å². The fourth-order valence-electron chi connectivity index (χ4n) is 1.93. The summed E-state index contributed by atoms with van der Waals surface area (Å²) in [4.78, 5) is 38.3. The number of Topliss-reactive ketones (excluding diaryl/α,β-unsaturated/α-hetero) is 1. The van der Waals surface area contributed by atoms with Crippen LogP contribution in [0.4, 0.5) is 17.2 Å². The molecule has 0 saturated heterocycles. The second kappa shape index (κ2) is 7.86. The van der Waals surface area contributed by atoms with E-state index >= 15 is 0 Å². The van der Waals surface area contributed by atoms with Gasteiger partial charge in [0.2, 0.25) is 6.04 Å². The third-order valence-corrected chi connectivity index (χ3v) is 3.16. The van der Waals surface area contributed by atoms with Crippen LogP contribution in [0.2, 0.25) is 0 Å². The molecule has 128 valence electrons. The fraction of sp³-hybridized carbons (Fsp3) is 0.188. The molecule has 9 heteroatoms. The highest BCUT2D eigenvalue weighted by molar-refractivity contribution is 6.09. The van der Waals surface area contributed by atoms with Crippen LogP contribution in [0.1, 0.15) is 12.5 Å². The van der Waals surface area contributed by atoms with Crippen molar-refractivity contribution in [3.05, 3.63) is 58.3 Å². The number of carbonyl (C=O) groups excluding carboxylic acids is 2. The fourth-order valence-corrected chi connectivity index (χ4v) is 1.93. The number of hydrogen-bond donors (Lipinski definition) is 1. The predicted molar refractivity (Wildman–Crippen MR) is 89.7 cm³/mol. The first-order valence-electron chi connectivity index (χ1n) is 7.26. The Kier molecular flexibility index (Phi) is 5.62. The number of nitro groups is 1. The number of aromatic nitrogens is 1. The Hall–Kier alpha value is -3.49. The van der Waals surface area contributed by atoms with Crippen molar-refractivity contribution in [1.82, 2.24) is 4.98 Å². The van der Waals surface area contributed by atoms with Gasteiger partial charge < -0.3 is 5.32 Å². The van der Waals surface area contributed by atoms with Crippen LogP contribution in [-0.4, -0.2) is 27.6 Å². The number of amides is 1. The number of pyridine rings is 1. The lowest BCUT2D eigenvalue weighted by Gasteiger charge is -2.08. The highest BCUT2D eigenvalue weighted by Crippen LogP contribution is 2.28. The third-order valence-electron chi connectivity index (χ3n) is 3.16. The first-order chi connectivity index (χ1) is 11.9. The minimum Gasteiger partial charge on any atom is -0.308 e. The zero-order chi connectivity index (χ0) is 18.4. The SMILES string of the molecule is CC(=O)C(N=Nc1ccc(C)cc1[N+](=O)[O-])C(=O)Nc1ccccn1.